The zero-order valence-corrected chi connectivity index (χ0v) is 25.3. The molecule has 179 valence electrons. The molecule has 0 rings (SSSR count). The molecule has 0 bridgehead atoms. The molecule has 0 aliphatic heterocycles. The van der Waals surface area contributed by atoms with E-state index in [1.165, 1.54) is 0 Å². The van der Waals surface area contributed by atoms with Crippen LogP contribution in [0.1, 0.15) is 0 Å². The molecule has 0 N–H and O–H groups in total. The monoisotopic (exact) mass is 942 g/mol. The SMILES string of the molecule is O=[P+]([O-])O[P+](=O)[O-].O=[P+]([O-])O[P+](=O)[O-].O=[P+]([O-])O[P+](=O)[O-].O=[P+]([O-])O[P+](=O)[O-].[Gd+3].[Ni+2].[Tb+3]. The third-order valence-electron chi connectivity index (χ3n) is 0.533. The van der Waals surface area contributed by atoms with Gasteiger partial charge in [0.2, 0.25) is 0 Å². The van der Waals surface area contributed by atoms with Crippen molar-refractivity contribution in [2.45, 2.75) is 0 Å². The van der Waals surface area contributed by atoms with Crippen LogP contribution in [0.25, 0.3) is 0 Å². The summed E-state index contributed by atoms with van der Waals surface area (Å²) in [5, 5.41) is 0. The van der Waals surface area contributed by atoms with Gasteiger partial charge in [0.05, 0.1) is 0 Å². The average Bonchev–Trinajstić information content (AvgIpc) is 2.32. The molecule has 8 unspecified atom stereocenters. The summed E-state index contributed by atoms with van der Waals surface area (Å²) in [6, 6.07) is 0. The molecular formula is GdNiO20P8Tb+8. The second-order valence-electron chi connectivity index (χ2n) is 2.12. The molecule has 31 heavy (non-hydrogen) atoms. The van der Waals surface area contributed by atoms with E-state index < -0.39 is 66.0 Å². The number of hydrogen-bond acceptors (Lipinski definition) is 20. The zero-order valence-electron chi connectivity index (χ0n) is 12.7. The topological polar surface area (TPSA) is 358 Å². The van der Waals surface area contributed by atoms with Gasteiger partial charge in [0.25, 0.3) is 0 Å². The van der Waals surface area contributed by atoms with Gasteiger partial charge < -0.3 is 39.1 Å². The van der Waals surface area contributed by atoms with Gasteiger partial charge in [0.15, 0.2) is 0 Å². The van der Waals surface area contributed by atoms with Crippen molar-refractivity contribution >= 4 is 66.0 Å². The van der Waals surface area contributed by atoms with Gasteiger partial charge >= 0.3 is 161 Å². The van der Waals surface area contributed by atoms with Crippen LogP contribution in [0.4, 0.5) is 0 Å². The molecule has 31 heteroatoms. The minimum Gasteiger partial charge on any atom is -0.563 e. The minimum absolute atomic E-state index is 0. The van der Waals surface area contributed by atoms with Crippen LogP contribution < -0.4 is 39.1 Å². The van der Waals surface area contributed by atoms with Crippen LogP contribution in [0.3, 0.4) is 0 Å². The van der Waals surface area contributed by atoms with E-state index in [2.05, 4.69) is 17.2 Å². The van der Waals surface area contributed by atoms with Crippen LogP contribution >= 0.6 is 66.0 Å². The Bertz CT molecular complexity index is 452. The summed E-state index contributed by atoms with van der Waals surface area (Å²) >= 11 is 0. The van der Waals surface area contributed by atoms with Gasteiger partial charge in [-0.1, -0.05) is 0 Å². The van der Waals surface area contributed by atoms with Crippen LogP contribution in [0, 0.1) is 78.6 Å². The quantitative estimate of drug-likeness (QED) is 0.166. The Morgan fingerprint density at radius 3 is 0.419 bits per heavy atom. The van der Waals surface area contributed by atoms with Crippen molar-refractivity contribution in [1.29, 1.82) is 0 Å². The molecule has 0 aromatic heterocycles. The third kappa shape index (κ3) is 87.5. The fraction of sp³-hybridized carbons (Fsp3) is 0. The van der Waals surface area contributed by atoms with E-state index in [1.54, 1.807) is 0 Å². The van der Waals surface area contributed by atoms with Gasteiger partial charge in [-0.15, -0.1) is 0 Å². The Balaban J connectivity index is -0.0000000480. The number of rotatable bonds is 8. The molecule has 8 atom stereocenters. The van der Waals surface area contributed by atoms with Gasteiger partial charge in [0, 0.05) is 0 Å². The van der Waals surface area contributed by atoms with Crippen molar-refractivity contribution in [1.82, 2.24) is 0 Å². The molecule has 0 aliphatic carbocycles. The summed E-state index contributed by atoms with van der Waals surface area (Å²) in [6.45, 7) is 0. The van der Waals surface area contributed by atoms with Crippen LogP contribution in [-0.2, 0) is 70.3 Å². The first kappa shape index (κ1) is 51.1. The molecule has 0 aliphatic rings. The Hall–Kier alpha value is 3.42. The maximum atomic E-state index is 9.24. The smallest absolute Gasteiger partial charge is 0.563 e. The Morgan fingerprint density at radius 1 is 0.355 bits per heavy atom. The normalized spacial score (nSPS) is 12.1. The minimum atomic E-state index is -3.24. The molecular weight excluding hydrogens is 943 g/mol. The predicted molar refractivity (Wildman–Crippen MR) is 65.2 cm³/mol. The first-order valence-electron chi connectivity index (χ1n) is 4.38. The Morgan fingerprint density at radius 2 is 0.419 bits per heavy atom. The Kier molecular flexibility index (Phi) is 58.7. The summed E-state index contributed by atoms with van der Waals surface area (Å²) in [4.78, 5) is 73.9. The summed E-state index contributed by atoms with van der Waals surface area (Å²) < 4.78 is 86.6. The molecule has 0 spiro atoms. The molecule has 0 saturated heterocycles. The average molecular weight is 943 g/mol. The van der Waals surface area contributed by atoms with Crippen molar-refractivity contribution in [3.05, 3.63) is 0 Å². The van der Waals surface area contributed by atoms with Crippen LogP contribution in [0.2, 0.25) is 0 Å². The first-order valence-corrected chi connectivity index (χ1v) is 13.1. The summed E-state index contributed by atoms with van der Waals surface area (Å²) in [7, 11) is -25.9. The van der Waals surface area contributed by atoms with E-state index in [-0.39, 0.29) is 95.0 Å². The molecule has 0 aromatic carbocycles. The van der Waals surface area contributed by atoms with Gasteiger partial charge in [-0.3, -0.25) is 0 Å². The molecule has 20 nitrogen and oxygen atoms in total. The number of hydrogen-bond donors (Lipinski definition) is 0. The largest absolute Gasteiger partial charge is 3.00 e. The van der Waals surface area contributed by atoms with E-state index in [0.29, 0.717) is 0 Å². The van der Waals surface area contributed by atoms with Crippen molar-refractivity contribution in [3.8, 4) is 0 Å². The van der Waals surface area contributed by atoms with E-state index in [0.717, 1.165) is 0 Å². The van der Waals surface area contributed by atoms with Crippen molar-refractivity contribution in [3.63, 3.8) is 0 Å². The molecule has 0 fully saturated rings. The van der Waals surface area contributed by atoms with E-state index in [9.17, 15) is 75.7 Å². The molecule has 0 heterocycles. The van der Waals surface area contributed by atoms with Crippen LogP contribution in [-0.4, -0.2) is 0 Å². The maximum absolute atomic E-state index is 9.24. The fourth-order valence-corrected chi connectivity index (χ4v) is 1.96. The summed E-state index contributed by atoms with van der Waals surface area (Å²) in [5.74, 6) is 0. The van der Waals surface area contributed by atoms with Crippen LogP contribution in [0.5, 0.6) is 0 Å². The van der Waals surface area contributed by atoms with Gasteiger partial charge in [-0.2, -0.15) is 0 Å². The Labute approximate surface area is 250 Å². The van der Waals surface area contributed by atoms with E-state index >= 15 is 0 Å². The third-order valence-corrected chi connectivity index (χ3v) is 4.80. The van der Waals surface area contributed by atoms with Gasteiger partial charge in [-0.25, -0.2) is 0 Å². The second kappa shape index (κ2) is 35.6. The van der Waals surface area contributed by atoms with Gasteiger partial charge in [-0.05, 0) is 36.5 Å². The molecule has 0 aromatic rings. The predicted octanol–water partition coefficient (Wildman–Crippen LogP) is -3.85. The molecule has 1 radical (unpaired) electrons. The van der Waals surface area contributed by atoms with Crippen LogP contribution in [0.15, 0.2) is 0 Å². The fourth-order valence-electron chi connectivity index (χ4n) is 0.218. The molecule has 0 amide bonds. The second-order valence-corrected chi connectivity index (χ2v) is 8.31. The van der Waals surface area contributed by atoms with Gasteiger partial charge in [0.1, 0.15) is 17.2 Å². The summed E-state index contributed by atoms with van der Waals surface area (Å²) in [5.41, 5.74) is 0. The van der Waals surface area contributed by atoms with Crippen molar-refractivity contribution < 1.29 is 188 Å². The van der Waals surface area contributed by atoms with Crippen molar-refractivity contribution in [2.75, 3.05) is 0 Å². The molecule has 0 saturated carbocycles. The zero-order chi connectivity index (χ0) is 23.4. The summed E-state index contributed by atoms with van der Waals surface area (Å²) in [6.07, 6.45) is 0. The van der Waals surface area contributed by atoms with E-state index in [1.807, 2.05) is 0 Å². The maximum Gasteiger partial charge on any atom is 3.00 e. The first-order chi connectivity index (χ1) is 12.5. The standard InChI is InChI=1S/Gd.Ni.4O5P2.Tb/c;;4*1-6(2)5-7(3)4;/q+3;+2;;;;;+3. The van der Waals surface area contributed by atoms with E-state index in [4.69, 9.17) is 0 Å². The van der Waals surface area contributed by atoms with Crippen molar-refractivity contribution in [2.24, 2.45) is 0 Å².